The molecule has 2 aromatic heterocycles. The lowest BCUT2D eigenvalue weighted by Gasteiger charge is -2.14. The molecule has 0 saturated heterocycles. The van der Waals surface area contributed by atoms with Crippen LogP contribution in [-0.4, -0.2) is 6.54 Å². The van der Waals surface area contributed by atoms with Crippen LogP contribution in [0.15, 0.2) is 22.6 Å². The molecule has 0 radical (unpaired) electrons. The van der Waals surface area contributed by atoms with Crippen molar-refractivity contribution in [1.29, 1.82) is 0 Å². The summed E-state index contributed by atoms with van der Waals surface area (Å²) < 4.78 is 6.61. The molecule has 0 aromatic carbocycles. The Kier molecular flexibility index (Phi) is 4.49. The fourth-order valence-electron chi connectivity index (χ4n) is 1.86. The first kappa shape index (κ1) is 13.7. The van der Waals surface area contributed by atoms with Gasteiger partial charge in [-0.05, 0) is 50.6 Å². The Labute approximate surface area is 117 Å². The van der Waals surface area contributed by atoms with Gasteiger partial charge in [0, 0.05) is 4.88 Å². The second kappa shape index (κ2) is 5.91. The van der Waals surface area contributed by atoms with Gasteiger partial charge in [0.05, 0.1) is 4.34 Å². The maximum Gasteiger partial charge on any atom is 0.126 e. The highest BCUT2D eigenvalue weighted by molar-refractivity contribution is 7.16. The summed E-state index contributed by atoms with van der Waals surface area (Å²) in [7, 11) is 0. The Morgan fingerprint density at radius 3 is 2.67 bits per heavy atom. The number of thiophene rings is 1. The lowest BCUT2D eigenvalue weighted by Crippen LogP contribution is -2.21. The van der Waals surface area contributed by atoms with Gasteiger partial charge in [-0.15, -0.1) is 11.3 Å². The van der Waals surface area contributed by atoms with E-state index in [9.17, 15) is 0 Å². The SMILES string of the molecule is CCCNC(c1ccc(C)o1)c1cc(C)c(Cl)s1. The van der Waals surface area contributed by atoms with Gasteiger partial charge >= 0.3 is 0 Å². The lowest BCUT2D eigenvalue weighted by molar-refractivity contribution is 0.433. The zero-order valence-corrected chi connectivity index (χ0v) is 12.5. The van der Waals surface area contributed by atoms with Crippen LogP contribution in [0.4, 0.5) is 0 Å². The van der Waals surface area contributed by atoms with Gasteiger partial charge in [-0.2, -0.15) is 0 Å². The Bertz CT molecular complexity index is 498. The van der Waals surface area contributed by atoms with E-state index in [1.165, 1.54) is 4.88 Å². The first-order chi connectivity index (χ1) is 8.61. The molecule has 0 aliphatic carbocycles. The molecule has 0 bridgehead atoms. The molecule has 2 aromatic rings. The summed E-state index contributed by atoms with van der Waals surface area (Å²) >= 11 is 7.78. The summed E-state index contributed by atoms with van der Waals surface area (Å²) in [5.74, 6) is 1.89. The first-order valence-electron chi connectivity index (χ1n) is 6.17. The summed E-state index contributed by atoms with van der Waals surface area (Å²) in [4.78, 5) is 1.21. The summed E-state index contributed by atoms with van der Waals surface area (Å²) in [5.41, 5.74) is 1.13. The molecular weight excluding hydrogens is 266 g/mol. The Morgan fingerprint density at radius 1 is 1.39 bits per heavy atom. The number of nitrogens with one attached hydrogen (secondary N) is 1. The van der Waals surface area contributed by atoms with Gasteiger partial charge in [-0.3, -0.25) is 0 Å². The van der Waals surface area contributed by atoms with Gasteiger partial charge < -0.3 is 9.73 Å². The fraction of sp³-hybridized carbons (Fsp3) is 0.429. The third-order valence-corrected chi connectivity index (χ3v) is 4.42. The van der Waals surface area contributed by atoms with Crippen LogP contribution >= 0.6 is 22.9 Å². The third kappa shape index (κ3) is 2.97. The van der Waals surface area contributed by atoms with Gasteiger partial charge in [-0.1, -0.05) is 18.5 Å². The molecule has 0 saturated carbocycles. The molecule has 0 spiro atoms. The van der Waals surface area contributed by atoms with E-state index in [2.05, 4.69) is 18.3 Å². The summed E-state index contributed by atoms with van der Waals surface area (Å²) in [5, 5.41) is 3.51. The van der Waals surface area contributed by atoms with Crippen LogP contribution in [0.3, 0.4) is 0 Å². The van der Waals surface area contributed by atoms with E-state index in [1.807, 2.05) is 26.0 Å². The minimum Gasteiger partial charge on any atom is -0.464 e. The van der Waals surface area contributed by atoms with Crippen molar-refractivity contribution in [1.82, 2.24) is 5.32 Å². The highest BCUT2D eigenvalue weighted by atomic mass is 35.5. The lowest BCUT2D eigenvalue weighted by atomic mass is 10.1. The summed E-state index contributed by atoms with van der Waals surface area (Å²) in [6.45, 7) is 7.11. The van der Waals surface area contributed by atoms with Crippen molar-refractivity contribution in [2.75, 3.05) is 6.54 Å². The average Bonchev–Trinajstić information content (AvgIpc) is 2.88. The number of aryl methyl sites for hydroxylation is 2. The van der Waals surface area contributed by atoms with E-state index >= 15 is 0 Å². The minimum atomic E-state index is 0.106. The largest absolute Gasteiger partial charge is 0.464 e. The van der Waals surface area contributed by atoms with E-state index in [4.69, 9.17) is 16.0 Å². The standard InChI is InChI=1S/C14H18ClNOS/c1-4-7-16-13(11-6-5-10(3)17-11)12-8-9(2)14(15)18-12/h5-6,8,13,16H,4,7H2,1-3H3. The maximum absolute atomic E-state index is 6.16. The molecule has 0 amide bonds. The highest BCUT2D eigenvalue weighted by Crippen LogP contribution is 2.34. The van der Waals surface area contributed by atoms with E-state index < -0.39 is 0 Å². The van der Waals surface area contributed by atoms with Crippen molar-refractivity contribution in [2.24, 2.45) is 0 Å². The number of furan rings is 1. The second-order valence-corrected chi connectivity index (χ2v) is 6.13. The van der Waals surface area contributed by atoms with Crippen molar-refractivity contribution >= 4 is 22.9 Å². The van der Waals surface area contributed by atoms with Crippen LogP contribution in [0, 0.1) is 13.8 Å². The zero-order valence-electron chi connectivity index (χ0n) is 10.9. The van der Waals surface area contributed by atoms with Gasteiger partial charge in [0.25, 0.3) is 0 Å². The average molecular weight is 284 g/mol. The Hall–Kier alpha value is -0.770. The summed E-state index contributed by atoms with van der Waals surface area (Å²) in [6, 6.07) is 6.27. The Balaban J connectivity index is 2.30. The molecule has 1 unspecified atom stereocenters. The molecule has 0 aliphatic heterocycles. The molecule has 2 nitrogen and oxygen atoms in total. The number of hydrogen-bond donors (Lipinski definition) is 1. The fourth-order valence-corrected chi connectivity index (χ4v) is 3.17. The van der Waals surface area contributed by atoms with Crippen LogP contribution in [0.2, 0.25) is 4.34 Å². The van der Waals surface area contributed by atoms with Gasteiger partial charge in [0.2, 0.25) is 0 Å². The topological polar surface area (TPSA) is 25.2 Å². The van der Waals surface area contributed by atoms with Crippen LogP contribution in [-0.2, 0) is 0 Å². The quantitative estimate of drug-likeness (QED) is 0.860. The summed E-state index contributed by atoms with van der Waals surface area (Å²) in [6.07, 6.45) is 1.09. The number of rotatable bonds is 5. The van der Waals surface area contributed by atoms with Crippen LogP contribution in [0.5, 0.6) is 0 Å². The van der Waals surface area contributed by atoms with E-state index in [0.29, 0.717) is 0 Å². The molecule has 4 heteroatoms. The van der Waals surface area contributed by atoms with Gasteiger partial charge in [0.1, 0.15) is 17.6 Å². The van der Waals surface area contributed by atoms with E-state index in [-0.39, 0.29) is 6.04 Å². The van der Waals surface area contributed by atoms with Crippen LogP contribution in [0.25, 0.3) is 0 Å². The Morgan fingerprint density at radius 2 is 2.17 bits per heavy atom. The molecule has 2 rings (SSSR count). The second-order valence-electron chi connectivity index (χ2n) is 4.44. The molecule has 1 N–H and O–H groups in total. The van der Waals surface area contributed by atoms with Crippen molar-refractivity contribution < 1.29 is 4.42 Å². The minimum absolute atomic E-state index is 0.106. The van der Waals surface area contributed by atoms with Crippen LogP contribution < -0.4 is 5.32 Å². The van der Waals surface area contributed by atoms with Gasteiger partial charge in [-0.25, -0.2) is 0 Å². The smallest absolute Gasteiger partial charge is 0.126 e. The first-order valence-corrected chi connectivity index (χ1v) is 7.36. The van der Waals surface area contributed by atoms with Crippen LogP contribution in [0.1, 0.15) is 41.3 Å². The van der Waals surface area contributed by atoms with Crippen molar-refractivity contribution in [3.05, 3.63) is 44.5 Å². The third-order valence-electron chi connectivity index (χ3n) is 2.80. The van der Waals surface area contributed by atoms with Crippen molar-refractivity contribution in [2.45, 2.75) is 33.2 Å². The maximum atomic E-state index is 6.16. The van der Waals surface area contributed by atoms with E-state index in [1.54, 1.807) is 11.3 Å². The number of halogens is 1. The predicted molar refractivity (Wildman–Crippen MR) is 77.6 cm³/mol. The van der Waals surface area contributed by atoms with Crippen molar-refractivity contribution in [3.8, 4) is 0 Å². The normalized spacial score (nSPS) is 12.9. The van der Waals surface area contributed by atoms with Crippen molar-refractivity contribution in [3.63, 3.8) is 0 Å². The zero-order chi connectivity index (χ0) is 13.1. The molecule has 0 aliphatic rings. The molecule has 98 valence electrons. The molecule has 18 heavy (non-hydrogen) atoms. The van der Waals surface area contributed by atoms with E-state index in [0.717, 1.165) is 34.4 Å². The van der Waals surface area contributed by atoms with Gasteiger partial charge in [0.15, 0.2) is 0 Å². The predicted octanol–water partition coefficient (Wildman–Crippen LogP) is 4.70. The number of hydrogen-bond acceptors (Lipinski definition) is 3. The highest BCUT2D eigenvalue weighted by Gasteiger charge is 2.19. The molecule has 0 fully saturated rings. The monoisotopic (exact) mass is 283 g/mol. The molecular formula is C14H18ClNOS. The molecule has 1 atom stereocenters. The molecule has 2 heterocycles.